The quantitative estimate of drug-likeness (QED) is 0.460. The van der Waals surface area contributed by atoms with Crippen LogP contribution in [0.2, 0.25) is 0 Å². The summed E-state index contributed by atoms with van der Waals surface area (Å²) >= 11 is 0. The number of amides is 2. The number of carbonyl (C=O) groups excluding carboxylic acids is 3. The maximum Gasteiger partial charge on any atom is 0.338 e. The number of aliphatic hydroxyl groups is 1. The van der Waals surface area contributed by atoms with Crippen LogP contribution in [-0.2, 0) is 20.9 Å². The third-order valence-corrected chi connectivity index (χ3v) is 5.16. The van der Waals surface area contributed by atoms with E-state index in [1.807, 2.05) is 12.1 Å². The highest BCUT2D eigenvalue weighted by Crippen LogP contribution is 2.31. The van der Waals surface area contributed by atoms with Crippen molar-refractivity contribution >= 4 is 23.9 Å². The van der Waals surface area contributed by atoms with Crippen LogP contribution in [-0.4, -0.2) is 40.4 Å². The van der Waals surface area contributed by atoms with Crippen molar-refractivity contribution in [1.82, 2.24) is 4.90 Å². The first-order valence-electron chi connectivity index (χ1n) is 9.57. The number of hydrogen-bond acceptors (Lipinski definition) is 7. The molecule has 0 fully saturated rings. The molecule has 1 unspecified atom stereocenters. The first-order valence-corrected chi connectivity index (χ1v) is 9.57. The second-order valence-corrected chi connectivity index (χ2v) is 7.39. The Morgan fingerprint density at radius 3 is 2.71 bits per heavy atom. The third kappa shape index (κ3) is 3.56. The van der Waals surface area contributed by atoms with Crippen LogP contribution in [0.15, 0.2) is 51.5 Å². The number of aliphatic hydroxyl groups excluding tert-OH is 1. The Bertz CT molecular complexity index is 1220. The number of fused-ring (bicyclic) bond motifs is 1. The number of ether oxygens (including phenoxy) is 1. The van der Waals surface area contributed by atoms with E-state index in [2.05, 4.69) is 0 Å². The van der Waals surface area contributed by atoms with Crippen molar-refractivity contribution in [2.24, 2.45) is 0 Å². The summed E-state index contributed by atoms with van der Waals surface area (Å²) in [6.45, 7) is 3.00. The molecule has 1 aromatic heterocycles. The van der Waals surface area contributed by atoms with Crippen molar-refractivity contribution in [3.05, 3.63) is 63.9 Å². The van der Waals surface area contributed by atoms with Gasteiger partial charge < -0.3 is 14.3 Å². The summed E-state index contributed by atoms with van der Waals surface area (Å²) in [6.07, 6.45) is 0.524. The van der Waals surface area contributed by atoms with E-state index in [-0.39, 0.29) is 35.8 Å². The van der Waals surface area contributed by atoms with E-state index in [0.717, 1.165) is 10.5 Å². The molecule has 1 N–H and O–H groups in total. The first-order chi connectivity index (χ1) is 14.8. The second-order valence-electron chi connectivity index (χ2n) is 7.39. The summed E-state index contributed by atoms with van der Waals surface area (Å²) in [5.74, 6) is -0.902. The Kier molecular flexibility index (Phi) is 5.05. The number of furan rings is 1. The summed E-state index contributed by atoms with van der Waals surface area (Å²) < 4.78 is 10.8. The molecule has 1 aromatic carbocycles. The fourth-order valence-electron chi connectivity index (χ4n) is 3.55. The van der Waals surface area contributed by atoms with E-state index in [1.165, 1.54) is 19.9 Å². The maximum atomic E-state index is 12.9. The molecule has 0 radical (unpaired) electrons. The lowest BCUT2D eigenvalue weighted by molar-refractivity contribution is -0.141. The second kappa shape index (κ2) is 7.70. The first kappa shape index (κ1) is 20.3. The number of cyclic esters (lactones) is 1. The average Bonchev–Trinajstić information content (AvgIpc) is 3.35. The Labute approximate surface area is 177 Å². The van der Waals surface area contributed by atoms with E-state index in [4.69, 9.17) is 9.15 Å². The van der Waals surface area contributed by atoms with Gasteiger partial charge in [-0.1, -0.05) is 12.1 Å². The van der Waals surface area contributed by atoms with Gasteiger partial charge in [0.1, 0.15) is 29.8 Å². The van der Waals surface area contributed by atoms with E-state index < -0.39 is 17.9 Å². The zero-order valence-corrected chi connectivity index (χ0v) is 16.8. The standard InChI is InChI=1S/C23H18N2O6/c1-12(26)10-25-21(27)17(13(2)19(9-24)22(25)28)8-16-5-6-20(31-16)14-3-4-15-11-30-23(29)18(15)7-14/h3-8,12,26H,10-11H2,1-2H3/b17-8-. The van der Waals surface area contributed by atoms with Crippen LogP contribution in [0.5, 0.6) is 0 Å². The number of carbonyl (C=O) groups is 3. The Balaban J connectivity index is 1.71. The number of nitrogens with zero attached hydrogens (tertiary/aromatic N) is 2. The van der Waals surface area contributed by atoms with Gasteiger partial charge in [0.25, 0.3) is 11.8 Å². The van der Waals surface area contributed by atoms with Crippen LogP contribution < -0.4 is 0 Å². The van der Waals surface area contributed by atoms with E-state index in [1.54, 1.807) is 24.3 Å². The van der Waals surface area contributed by atoms with Crippen molar-refractivity contribution in [2.75, 3.05) is 6.54 Å². The molecule has 0 saturated carbocycles. The van der Waals surface area contributed by atoms with E-state index in [0.29, 0.717) is 22.6 Å². The largest absolute Gasteiger partial charge is 0.457 e. The fraction of sp³-hybridized carbons (Fsp3) is 0.217. The average molecular weight is 418 g/mol. The number of hydrogen-bond donors (Lipinski definition) is 1. The molecule has 3 heterocycles. The van der Waals surface area contributed by atoms with E-state index >= 15 is 0 Å². The van der Waals surface area contributed by atoms with Crippen molar-refractivity contribution in [2.45, 2.75) is 26.6 Å². The molecule has 0 saturated heterocycles. The van der Waals surface area contributed by atoms with Crippen molar-refractivity contribution in [3.8, 4) is 17.4 Å². The number of rotatable bonds is 4. The summed E-state index contributed by atoms with van der Waals surface area (Å²) in [5.41, 5.74) is 2.19. The molecule has 0 bridgehead atoms. The third-order valence-electron chi connectivity index (χ3n) is 5.16. The van der Waals surface area contributed by atoms with Gasteiger partial charge in [-0.15, -0.1) is 0 Å². The van der Waals surface area contributed by atoms with Crippen molar-refractivity contribution in [3.63, 3.8) is 0 Å². The molecule has 2 amide bonds. The molecule has 1 atom stereocenters. The van der Waals surface area contributed by atoms with Gasteiger partial charge in [0.05, 0.1) is 18.2 Å². The Morgan fingerprint density at radius 1 is 1.23 bits per heavy atom. The lowest BCUT2D eigenvalue weighted by Crippen LogP contribution is -2.45. The number of nitriles is 1. The van der Waals surface area contributed by atoms with Crippen LogP contribution in [0, 0.1) is 11.3 Å². The maximum absolute atomic E-state index is 12.9. The Hall–Kier alpha value is -3.96. The molecule has 156 valence electrons. The molecule has 31 heavy (non-hydrogen) atoms. The van der Waals surface area contributed by atoms with Crippen LogP contribution in [0.3, 0.4) is 0 Å². The van der Waals surface area contributed by atoms with Gasteiger partial charge in [-0.05, 0) is 43.7 Å². The van der Waals surface area contributed by atoms with Crippen LogP contribution in [0.25, 0.3) is 17.4 Å². The molecular formula is C23H18N2O6. The smallest absolute Gasteiger partial charge is 0.338 e. The van der Waals surface area contributed by atoms with Gasteiger partial charge >= 0.3 is 5.97 Å². The van der Waals surface area contributed by atoms with Gasteiger partial charge in [0.2, 0.25) is 0 Å². The minimum Gasteiger partial charge on any atom is -0.457 e. The number of benzene rings is 1. The summed E-state index contributed by atoms with van der Waals surface area (Å²) in [4.78, 5) is 38.0. The fourth-order valence-corrected chi connectivity index (χ4v) is 3.55. The molecule has 8 nitrogen and oxygen atoms in total. The monoisotopic (exact) mass is 418 g/mol. The number of esters is 1. The van der Waals surface area contributed by atoms with Crippen LogP contribution in [0.4, 0.5) is 0 Å². The highest BCUT2D eigenvalue weighted by Gasteiger charge is 2.36. The van der Waals surface area contributed by atoms with Crippen molar-refractivity contribution < 1.29 is 28.6 Å². The lowest BCUT2D eigenvalue weighted by atomic mass is 9.94. The number of imide groups is 1. The van der Waals surface area contributed by atoms with Crippen LogP contribution in [0.1, 0.15) is 35.5 Å². The lowest BCUT2D eigenvalue weighted by Gasteiger charge is -2.28. The zero-order valence-electron chi connectivity index (χ0n) is 16.8. The summed E-state index contributed by atoms with van der Waals surface area (Å²) in [5, 5.41) is 19.0. The minimum atomic E-state index is -0.936. The molecule has 2 aliphatic heterocycles. The van der Waals surface area contributed by atoms with Gasteiger partial charge in [0, 0.05) is 16.7 Å². The van der Waals surface area contributed by atoms with Crippen LogP contribution >= 0.6 is 0 Å². The molecular weight excluding hydrogens is 400 g/mol. The van der Waals surface area contributed by atoms with Gasteiger partial charge in [0.15, 0.2) is 0 Å². The zero-order chi connectivity index (χ0) is 22.3. The normalized spacial score (nSPS) is 18.3. The molecule has 8 heteroatoms. The van der Waals surface area contributed by atoms with Gasteiger partial charge in [-0.25, -0.2) is 4.79 Å². The molecule has 4 rings (SSSR count). The summed E-state index contributed by atoms with van der Waals surface area (Å²) in [7, 11) is 0. The molecule has 0 spiro atoms. The van der Waals surface area contributed by atoms with Gasteiger partial charge in [-0.2, -0.15) is 5.26 Å². The highest BCUT2D eigenvalue weighted by molar-refractivity contribution is 6.19. The number of β-amino-alcohol motifs (C(OH)–C–C–N with tert-alkyl or cyclic N) is 1. The predicted octanol–water partition coefficient (Wildman–Crippen LogP) is 2.59. The predicted molar refractivity (Wildman–Crippen MR) is 108 cm³/mol. The minimum absolute atomic E-state index is 0.134. The molecule has 0 aliphatic carbocycles. The Morgan fingerprint density at radius 2 is 2.00 bits per heavy atom. The van der Waals surface area contributed by atoms with E-state index in [9.17, 15) is 24.8 Å². The SMILES string of the molecule is CC1=C(C#N)C(=O)N(CC(C)O)C(=O)/C1=C\c1ccc(-c2ccc3c(c2)C(=O)OC3)o1. The highest BCUT2D eigenvalue weighted by atomic mass is 16.5. The van der Waals surface area contributed by atoms with Gasteiger partial charge in [-0.3, -0.25) is 14.5 Å². The topological polar surface area (TPSA) is 121 Å². The molecule has 2 aliphatic rings. The van der Waals surface area contributed by atoms with Crippen molar-refractivity contribution in [1.29, 1.82) is 5.26 Å². The molecule has 2 aromatic rings. The summed E-state index contributed by atoms with van der Waals surface area (Å²) in [6, 6.07) is 10.5.